The van der Waals surface area contributed by atoms with Crippen LogP contribution in [0.25, 0.3) is 0 Å². The molecule has 0 spiro atoms. The zero-order valence-electron chi connectivity index (χ0n) is 15.7. The van der Waals surface area contributed by atoms with Crippen LogP contribution >= 0.6 is 0 Å². The maximum absolute atomic E-state index is 13.5. The summed E-state index contributed by atoms with van der Waals surface area (Å²) in [5.74, 6) is 0.644. The Morgan fingerprint density at radius 1 is 1.12 bits per heavy atom. The predicted molar refractivity (Wildman–Crippen MR) is 103 cm³/mol. The maximum Gasteiger partial charge on any atom is 0.240 e. The van der Waals surface area contributed by atoms with E-state index in [0.717, 1.165) is 58.0 Å². The highest BCUT2D eigenvalue weighted by molar-refractivity contribution is 5.87. The van der Waals surface area contributed by atoms with E-state index in [-0.39, 0.29) is 23.6 Å². The molecule has 1 aliphatic heterocycles. The number of aliphatic hydroxyl groups is 1. The summed E-state index contributed by atoms with van der Waals surface area (Å²) in [6, 6.07) is 10.6. The lowest BCUT2D eigenvalue weighted by molar-refractivity contribution is -0.134. The molecule has 0 unspecified atom stereocenters. The zero-order valence-corrected chi connectivity index (χ0v) is 15.7. The molecule has 3 aliphatic rings. The molecule has 1 heterocycles. The van der Waals surface area contributed by atoms with E-state index in [1.807, 2.05) is 6.07 Å². The normalized spacial score (nSPS) is 29.3. The lowest BCUT2D eigenvalue weighted by Gasteiger charge is -2.42. The first-order chi connectivity index (χ1) is 12.7. The molecule has 0 bridgehead atoms. The van der Waals surface area contributed by atoms with Gasteiger partial charge in [0.15, 0.2) is 0 Å². The van der Waals surface area contributed by atoms with Gasteiger partial charge in [0.05, 0.1) is 6.10 Å². The van der Waals surface area contributed by atoms with E-state index in [0.29, 0.717) is 5.92 Å². The van der Waals surface area contributed by atoms with E-state index in [1.165, 1.54) is 18.4 Å². The van der Waals surface area contributed by atoms with Crippen LogP contribution in [0.4, 0.5) is 0 Å². The number of nitrogens with one attached hydrogen (secondary N) is 1. The number of carbonyl (C=O) groups excluding carboxylic acids is 1. The average molecular weight is 357 g/mol. The van der Waals surface area contributed by atoms with Crippen LogP contribution in [0, 0.1) is 5.92 Å². The molecule has 1 amide bonds. The number of benzene rings is 1. The largest absolute Gasteiger partial charge is 0.393 e. The molecule has 2 aliphatic carbocycles. The van der Waals surface area contributed by atoms with Crippen molar-refractivity contribution < 1.29 is 9.90 Å². The highest BCUT2D eigenvalue weighted by Gasteiger charge is 2.48. The monoisotopic (exact) mass is 356 g/mol. The van der Waals surface area contributed by atoms with E-state index < -0.39 is 0 Å². The second kappa shape index (κ2) is 7.69. The Hall–Kier alpha value is -1.39. The van der Waals surface area contributed by atoms with Crippen LogP contribution in [-0.2, 0) is 11.2 Å². The Morgan fingerprint density at radius 3 is 2.38 bits per heavy atom. The van der Waals surface area contributed by atoms with Gasteiger partial charge >= 0.3 is 0 Å². The Kier molecular flexibility index (Phi) is 5.32. The maximum atomic E-state index is 13.5. The summed E-state index contributed by atoms with van der Waals surface area (Å²) in [6.45, 7) is 2.14. The van der Waals surface area contributed by atoms with Gasteiger partial charge in [-0.25, -0.2) is 0 Å². The van der Waals surface area contributed by atoms with Crippen molar-refractivity contribution in [3.8, 4) is 0 Å². The van der Waals surface area contributed by atoms with E-state index in [9.17, 15) is 9.90 Å². The summed E-state index contributed by atoms with van der Waals surface area (Å²) in [5, 5.41) is 13.2. The fourth-order valence-corrected chi connectivity index (χ4v) is 5.26. The Morgan fingerprint density at radius 2 is 1.77 bits per heavy atom. The summed E-state index contributed by atoms with van der Waals surface area (Å²) < 4.78 is 0. The molecule has 4 heteroatoms. The number of nitrogens with zero attached hydrogens (tertiary/aromatic N) is 1. The van der Waals surface area contributed by atoms with Gasteiger partial charge in [-0.15, -0.1) is 0 Å². The molecule has 4 nitrogen and oxygen atoms in total. The van der Waals surface area contributed by atoms with Gasteiger partial charge < -0.3 is 10.4 Å². The first-order valence-electron chi connectivity index (χ1n) is 10.5. The second-order valence-corrected chi connectivity index (χ2v) is 8.59. The molecular weight excluding hydrogens is 324 g/mol. The minimum absolute atomic E-state index is 0.133. The molecule has 0 aromatic heterocycles. The third kappa shape index (κ3) is 3.54. The van der Waals surface area contributed by atoms with Crippen LogP contribution in [0.5, 0.6) is 0 Å². The number of carbonyl (C=O) groups is 1. The first-order valence-corrected chi connectivity index (χ1v) is 10.5. The number of likely N-dealkylation sites (tertiary alicyclic amines) is 1. The van der Waals surface area contributed by atoms with Crippen molar-refractivity contribution in [3.63, 3.8) is 0 Å². The van der Waals surface area contributed by atoms with Gasteiger partial charge in [0.2, 0.25) is 5.91 Å². The summed E-state index contributed by atoms with van der Waals surface area (Å²) in [4.78, 5) is 15.9. The van der Waals surface area contributed by atoms with Crippen LogP contribution in [0.3, 0.4) is 0 Å². The van der Waals surface area contributed by atoms with E-state index in [2.05, 4.69) is 34.5 Å². The summed E-state index contributed by atoms with van der Waals surface area (Å²) >= 11 is 0. The number of aliphatic hydroxyl groups excluding tert-OH is 1. The summed E-state index contributed by atoms with van der Waals surface area (Å²) in [5.41, 5.74) is 0.995. The third-order valence-corrected chi connectivity index (χ3v) is 6.90. The van der Waals surface area contributed by atoms with Gasteiger partial charge in [-0.3, -0.25) is 9.69 Å². The summed E-state index contributed by atoms with van der Waals surface area (Å²) in [7, 11) is 0. The van der Waals surface area contributed by atoms with Crippen LogP contribution in [0.1, 0.15) is 56.9 Å². The van der Waals surface area contributed by atoms with Crippen LogP contribution in [0.15, 0.2) is 30.3 Å². The van der Waals surface area contributed by atoms with E-state index in [4.69, 9.17) is 0 Å². The minimum Gasteiger partial charge on any atom is -0.393 e. The Labute approximate surface area is 157 Å². The molecule has 4 rings (SSSR count). The highest BCUT2D eigenvalue weighted by atomic mass is 16.3. The van der Waals surface area contributed by atoms with Crippen LogP contribution < -0.4 is 5.32 Å². The molecule has 1 saturated heterocycles. The number of hydrogen-bond donors (Lipinski definition) is 2. The number of amides is 1. The van der Waals surface area contributed by atoms with Gasteiger partial charge in [0, 0.05) is 6.04 Å². The Balaban J connectivity index is 1.49. The molecule has 142 valence electrons. The van der Waals surface area contributed by atoms with E-state index in [1.54, 1.807) is 0 Å². The predicted octanol–water partition coefficient (Wildman–Crippen LogP) is 2.89. The molecular formula is C22H32N2O2. The van der Waals surface area contributed by atoms with Gasteiger partial charge in [0.1, 0.15) is 5.54 Å². The fourth-order valence-electron chi connectivity index (χ4n) is 5.26. The molecule has 1 aromatic carbocycles. The van der Waals surface area contributed by atoms with Crippen molar-refractivity contribution in [1.29, 1.82) is 0 Å². The molecule has 1 atom stereocenters. The van der Waals surface area contributed by atoms with Crippen molar-refractivity contribution >= 4 is 5.91 Å². The van der Waals surface area contributed by atoms with Crippen molar-refractivity contribution in [2.24, 2.45) is 5.92 Å². The van der Waals surface area contributed by atoms with E-state index >= 15 is 0 Å². The third-order valence-electron chi connectivity index (χ3n) is 6.90. The lowest BCUT2D eigenvalue weighted by Crippen LogP contribution is -2.60. The van der Waals surface area contributed by atoms with Crippen LogP contribution in [0.2, 0.25) is 0 Å². The van der Waals surface area contributed by atoms with Crippen LogP contribution in [-0.4, -0.2) is 46.7 Å². The number of rotatable bonds is 6. The fraction of sp³-hybridized carbons (Fsp3) is 0.682. The van der Waals surface area contributed by atoms with Crippen molar-refractivity contribution in [2.75, 3.05) is 13.1 Å². The SMILES string of the molecule is O=C(N[C@H](Cc1ccccc1)C1CC(O)C1)C1(N2CCCC2)CCCC1. The quantitative estimate of drug-likeness (QED) is 0.824. The smallest absolute Gasteiger partial charge is 0.240 e. The molecule has 3 fully saturated rings. The Bertz CT molecular complexity index is 600. The topological polar surface area (TPSA) is 52.6 Å². The molecule has 26 heavy (non-hydrogen) atoms. The molecule has 2 saturated carbocycles. The second-order valence-electron chi connectivity index (χ2n) is 8.59. The number of hydrogen-bond acceptors (Lipinski definition) is 3. The average Bonchev–Trinajstić information content (AvgIpc) is 3.31. The van der Waals surface area contributed by atoms with Gasteiger partial charge in [0.25, 0.3) is 0 Å². The van der Waals surface area contributed by atoms with Crippen molar-refractivity contribution in [3.05, 3.63) is 35.9 Å². The molecule has 2 N–H and O–H groups in total. The van der Waals surface area contributed by atoms with Gasteiger partial charge in [-0.2, -0.15) is 0 Å². The highest BCUT2D eigenvalue weighted by Crippen LogP contribution is 2.39. The lowest BCUT2D eigenvalue weighted by atomic mass is 9.75. The first kappa shape index (κ1) is 18.0. The van der Waals surface area contributed by atoms with Gasteiger partial charge in [-0.1, -0.05) is 43.2 Å². The minimum atomic E-state index is -0.270. The standard InChI is InChI=1S/C22H32N2O2/c25-19-15-18(16-19)20(14-17-8-2-1-3-9-17)23-21(26)22(10-4-5-11-22)24-12-6-7-13-24/h1-3,8-9,18-20,25H,4-7,10-16H2,(H,23,26)/t18?,19?,20-/m1/s1. The zero-order chi connectivity index (χ0) is 18.0. The molecule has 1 aromatic rings. The van der Waals surface area contributed by atoms with Gasteiger partial charge in [-0.05, 0) is 69.5 Å². The van der Waals surface area contributed by atoms with Crippen molar-refractivity contribution in [1.82, 2.24) is 10.2 Å². The van der Waals surface area contributed by atoms with Crippen molar-refractivity contribution in [2.45, 2.75) is 75.5 Å². The summed E-state index contributed by atoms with van der Waals surface area (Å²) in [6.07, 6.45) is 9.07. The molecule has 0 radical (unpaired) electrons.